The molecule has 1 aliphatic rings. The molecular weight excluding hydrogens is 622 g/mol. The second-order valence-corrected chi connectivity index (χ2v) is 12.3. The van der Waals surface area contributed by atoms with Gasteiger partial charge in [-0.3, -0.25) is 38.8 Å². The van der Waals surface area contributed by atoms with Gasteiger partial charge >= 0.3 is 17.9 Å². The number of aromatic amines is 1. The highest BCUT2D eigenvalue weighted by molar-refractivity contribution is 5.89. The molecule has 4 atom stereocenters. The molecule has 2 aromatic heterocycles. The van der Waals surface area contributed by atoms with Crippen LogP contribution < -0.4 is 10.9 Å². The van der Waals surface area contributed by atoms with Crippen LogP contribution in [0.5, 0.6) is 0 Å². The van der Waals surface area contributed by atoms with Gasteiger partial charge in [-0.2, -0.15) is 4.98 Å². The van der Waals surface area contributed by atoms with Gasteiger partial charge in [-0.25, -0.2) is 4.98 Å². The number of hydrogen-bond donors (Lipinski definition) is 2. The zero-order valence-electron chi connectivity index (χ0n) is 28.9. The third kappa shape index (κ3) is 11.7. The number of amides is 1. The number of H-pyrrole nitrogens is 1. The molecule has 14 nitrogen and oxygen atoms in total. The number of imidazole rings is 1. The largest absolute Gasteiger partial charge is 0.463 e. The van der Waals surface area contributed by atoms with Crippen molar-refractivity contribution in [1.82, 2.24) is 19.5 Å². The summed E-state index contributed by atoms with van der Waals surface area (Å²) in [5.74, 6) is -1.80. The standard InChI is InChI=1S/C34H53N5O9/c1-5-9-13-17-24(40)36-34-37-31-28(32(44)38-34)35-22-39(31)33-30(48-27(43)20-16-12-8-4)29(47-26(42)19-15-11-7-3)23(46-33)21-45-25(41)18-14-10-6-2/h22-23,29-30,33H,5-21H2,1-4H3,(H2,36,37,38,40,44)/t23-,29-,30-,33-/m1/s1. The highest BCUT2D eigenvalue weighted by Gasteiger charge is 2.51. The predicted octanol–water partition coefficient (Wildman–Crippen LogP) is 5.64. The Morgan fingerprint density at radius 2 is 1.33 bits per heavy atom. The number of rotatable bonds is 22. The normalized spacial score (nSPS) is 18.9. The molecule has 3 rings (SSSR count). The number of unbranched alkanes of at least 4 members (excludes halogenated alkanes) is 8. The molecule has 14 heteroatoms. The Kier molecular flexibility index (Phi) is 16.5. The van der Waals surface area contributed by atoms with Gasteiger partial charge in [-0.05, 0) is 25.7 Å². The number of fused-ring (bicyclic) bond motifs is 1. The first kappa shape index (κ1) is 38.6. The van der Waals surface area contributed by atoms with Crippen molar-refractivity contribution in [3.63, 3.8) is 0 Å². The van der Waals surface area contributed by atoms with E-state index in [4.69, 9.17) is 18.9 Å². The first-order valence-electron chi connectivity index (χ1n) is 17.7. The summed E-state index contributed by atoms with van der Waals surface area (Å²) in [4.78, 5) is 75.4. The molecule has 1 aliphatic heterocycles. The zero-order chi connectivity index (χ0) is 34.9. The number of hydrogen-bond acceptors (Lipinski definition) is 11. The molecule has 0 saturated carbocycles. The fourth-order valence-corrected chi connectivity index (χ4v) is 5.46. The zero-order valence-corrected chi connectivity index (χ0v) is 28.9. The lowest BCUT2D eigenvalue weighted by molar-refractivity contribution is -0.169. The Hall–Kier alpha value is -3.81. The van der Waals surface area contributed by atoms with E-state index in [-0.39, 0.29) is 55.3 Å². The lowest BCUT2D eigenvalue weighted by Gasteiger charge is -2.25. The number of esters is 3. The van der Waals surface area contributed by atoms with Crippen molar-refractivity contribution >= 4 is 40.9 Å². The molecule has 2 N–H and O–H groups in total. The number of aromatic nitrogens is 4. The molecule has 1 fully saturated rings. The summed E-state index contributed by atoms with van der Waals surface area (Å²) in [6.45, 7) is 7.87. The van der Waals surface area contributed by atoms with E-state index in [0.29, 0.717) is 25.7 Å². The van der Waals surface area contributed by atoms with E-state index < -0.39 is 48.0 Å². The average Bonchev–Trinajstić information content (AvgIpc) is 3.61. The quantitative estimate of drug-likeness (QED) is 0.0895. The lowest BCUT2D eigenvalue weighted by Crippen LogP contribution is -2.41. The molecular formula is C34H53N5O9. The Morgan fingerprint density at radius 3 is 1.92 bits per heavy atom. The average molecular weight is 676 g/mol. The minimum Gasteiger partial charge on any atom is -0.463 e. The third-order valence-corrected chi connectivity index (χ3v) is 8.15. The van der Waals surface area contributed by atoms with Crippen LogP contribution in [-0.2, 0) is 38.1 Å². The molecule has 2 aromatic rings. The van der Waals surface area contributed by atoms with E-state index in [0.717, 1.165) is 51.4 Å². The first-order chi connectivity index (χ1) is 23.2. The van der Waals surface area contributed by atoms with Gasteiger partial charge in [0, 0.05) is 25.7 Å². The van der Waals surface area contributed by atoms with Gasteiger partial charge in [0.2, 0.25) is 11.9 Å². The van der Waals surface area contributed by atoms with E-state index in [1.807, 2.05) is 27.7 Å². The van der Waals surface area contributed by atoms with Crippen molar-refractivity contribution in [2.45, 2.75) is 155 Å². The second-order valence-electron chi connectivity index (χ2n) is 12.3. The molecule has 0 bridgehead atoms. The maximum Gasteiger partial charge on any atom is 0.306 e. The van der Waals surface area contributed by atoms with E-state index in [1.165, 1.54) is 10.9 Å². The van der Waals surface area contributed by atoms with Gasteiger partial charge in [-0.1, -0.05) is 79.1 Å². The highest BCUT2D eigenvalue weighted by atomic mass is 16.7. The van der Waals surface area contributed by atoms with Crippen molar-refractivity contribution in [1.29, 1.82) is 0 Å². The lowest BCUT2D eigenvalue weighted by atomic mass is 10.1. The van der Waals surface area contributed by atoms with Gasteiger partial charge < -0.3 is 18.9 Å². The number of carbonyl (C=O) groups excluding carboxylic acids is 4. The van der Waals surface area contributed by atoms with Crippen molar-refractivity contribution in [3.05, 3.63) is 16.7 Å². The minimum absolute atomic E-state index is 0.0329. The number of nitrogens with one attached hydrogen (secondary N) is 2. The van der Waals surface area contributed by atoms with E-state index in [9.17, 15) is 24.0 Å². The summed E-state index contributed by atoms with van der Waals surface area (Å²) in [5.41, 5.74) is -0.565. The van der Waals surface area contributed by atoms with E-state index in [2.05, 4.69) is 20.3 Å². The summed E-state index contributed by atoms with van der Waals surface area (Å²) in [7, 11) is 0. The topological polar surface area (TPSA) is 181 Å². The maximum atomic E-state index is 13.1. The van der Waals surface area contributed by atoms with Crippen LogP contribution in [0.15, 0.2) is 11.1 Å². The smallest absolute Gasteiger partial charge is 0.306 e. The second kappa shape index (κ2) is 20.5. The number of carbonyl (C=O) groups is 4. The van der Waals surface area contributed by atoms with Crippen molar-refractivity contribution in [3.8, 4) is 0 Å². The van der Waals surface area contributed by atoms with Gasteiger partial charge in [0.25, 0.3) is 5.56 Å². The third-order valence-electron chi connectivity index (χ3n) is 8.15. The van der Waals surface area contributed by atoms with Gasteiger partial charge in [-0.15, -0.1) is 0 Å². The first-order valence-corrected chi connectivity index (χ1v) is 17.7. The Balaban J connectivity index is 1.97. The van der Waals surface area contributed by atoms with Crippen molar-refractivity contribution < 1.29 is 38.1 Å². The molecule has 0 spiro atoms. The minimum atomic E-state index is -1.18. The molecule has 0 unspecified atom stereocenters. The van der Waals surface area contributed by atoms with E-state index in [1.54, 1.807) is 0 Å². The molecule has 48 heavy (non-hydrogen) atoms. The summed E-state index contributed by atoms with van der Waals surface area (Å²) in [6, 6.07) is 0. The van der Waals surface area contributed by atoms with Crippen LogP contribution in [-0.4, -0.2) is 68.3 Å². The molecule has 268 valence electrons. The highest BCUT2D eigenvalue weighted by Crippen LogP contribution is 2.36. The summed E-state index contributed by atoms with van der Waals surface area (Å²) >= 11 is 0. The van der Waals surface area contributed by atoms with Crippen LogP contribution in [0.2, 0.25) is 0 Å². The monoisotopic (exact) mass is 675 g/mol. The van der Waals surface area contributed by atoms with Crippen LogP contribution in [0.4, 0.5) is 5.95 Å². The molecule has 0 aliphatic carbocycles. The maximum absolute atomic E-state index is 13.1. The van der Waals surface area contributed by atoms with Gasteiger partial charge in [0.1, 0.15) is 12.7 Å². The van der Waals surface area contributed by atoms with Gasteiger partial charge in [0.15, 0.2) is 29.6 Å². The SMILES string of the molecule is CCCCCC(=O)Nc1nc2c(ncn2[C@@H]2O[C@H](COC(=O)CCCCC)[C@@H](OC(=O)CCCCC)[C@H]2OC(=O)CCCCC)c(=O)[nH]1. The molecule has 1 amide bonds. The summed E-state index contributed by atoms with van der Waals surface area (Å²) < 4.78 is 25.2. The molecule has 0 aromatic carbocycles. The summed E-state index contributed by atoms with van der Waals surface area (Å²) in [6.07, 6.45) is 7.43. The molecule has 0 radical (unpaired) electrons. The Bertz CT molecular complexity index is 1390. The number of anilines is 1. The van der Waals surface area contributed by atoms with Crippen molar-refractivity contribution in [2.24, 2.45) is 0 Å². The number of nitrogens with zero attached hydrogens (tertiary/aromatic N) is 3. The number of ether oxygens (including phenoxy) is 4. The van der Waals surface area contributed by atoms with Crippen molar-refractivity contribution in [2.75, 3.05) is 11.9 Å². The van der Waals surface area contributed by atoms with Gasteiger partial charge in [0.05, 0.1) is 6.33 Å². The predicted molar refractivity (Wildman–Crippen MR) is 178 cm³/mol. The van der Waals surface area contributed by atoms with E-state index >= 15 is 0 Å². The summed E-state index contributed by atoms with van der Waals surface area (Å²) in [5, 5.41) is 2.64. The molecule has 3 heterocycles. The van der Waals surface area contributed by atoms with Crippen LogP contribution in [0.1, 0.15) is 137 Å². The van der Waals surface area contributed by atoms with Crippen LogP contribution in [0.25, 0.3) is 11.2 Å². The van der Waals surface area contributed by atoms with Crippen LogP contribution in [0, 0.1) is 0 Å². The molecule has 1 saturated heterocycles. The fraction of sp³-hybridized carbons (Fsp3) is 0.735. The van der Waals surface area contributed by atoms with Crippen LogP contribution in [0.3, 0.4) is 0 Å². The fourth-order valence-electron chi connectivity index (χ4n) is 5.46. The Morgan fingerprint density at radius 1 is 0.792 bits per heavy atom. The van der Waals surface area contributed by atoms with Crippen LogP contribution >= 0.6 is 0 Å². The Labute approximate surface area is 282 Å².